The smallest absolute Gasteiger partial charge is 0.167 e. The summed E-state index contributed by atoms with van der Waals surface area (Å²) >= 11 is 0. The maximum atomic E-state index is 13.9. The molecule has 4 nitrogen and oxygen atoms in total. The monoisotopic (exact) mass is 314 g/mol. The van der Waals surface area contributed by atoms with E-state index >= 15 is 0 Å². The number of aromatic nitrogens is 3. The fourth-order valence-electron chi connectivity index (χ4n) is 2.18. The average Bonchev–Trinajstić information content (AvgIpc) is 2.94. The van der Waals surface area contributed by atoms with Gasteiger partial charge in [0.2, 0.25) is 0 Å². The topological polar surface area (TPSA) is 54.5 Å². The van der Waals surface area contributed by atoms with Crippen LogP contribution in [0, 0.1) is 28.8 Å². The minimum Gasteiger partial charge on any atom is -0.230 e. The van der Waals surface area contributed by atoms with Crippen LogP contribution in [-0.2, 0) is 6.54 Å². The molecule has 0 N–H and O–H groups in total. The van der Waals surface area contributed by atoms with Crippen molar-refractivity contribution in [1.82, 2.24) is 15.0 Å². The van der Waals surface area contributed by atoms with Crippen LogP contribution in [0.3, 0.4) is 0 Å². The normalized spacial score (nSPS) is 10.5. The van der Waals surface area contributed by atoms with Gasteiger partial charge in [-0.2, -0.15) is 5.26 Å². The zero-order chi connectivity index (χ0) is 16.4. The quantitative estimate of drug-likeness (QED) is 0.697. The number of nitrogens with zero attached hydrogens (tertiary/aromatic N) is 4. The third-order valence-electron chi connectivity index (χ3n) is 3.28. The highest BCUT2D eigenvalue weighted by Crippen LogP contribution is 2.26. The van der Waals surface area contributed by atoms with Gasteiger partial charge in [-0.3, -0.25) is 0 Å². The summed E-state index contributed by atoms with van der Waals surface area (Å²) in [6.07, 6.45) is 0. The van der Waals surface area contributed by atoms with E-state index in [2.05, 4.69) is 10.3 Å². The fraction of sp³-hybridized carbons (Fsp3) is 0.0625. The van der Waals surface area contributed by atoms with Crippen molar-refractivity contribution in [2.24, 2.45) is 0 Å². The van der Waals surface area contributed by atoms with Crippen molar-refractivity contribution < 1.29 is 13.2 Å². The summed E-state index contributed by atoms with van der Waals surface area (Å²) < 4.78 is 41.5. The second kappa shape index (κ2) is 5.93. The number of hydrogen-bond acceptors (Lipinski definition) is 3. The highest BCUT2D eigenvalue weighted by atomic mass is 19.2. The molecule has 7 heteroatoms. The van der Waals surface area contributed by atoms with Crippen LogP contribution in [0.4, 0.5) is 13.2 Å². The summed E-state index contributed by atoms with van der Waals surface area (Å²) in [4.78, 5) is 0. The number of rotatable bonds is 3. The molecule has 23 heavy (non-hydrogen) atoms. The Labute approximate surface area is 129 Å². The maximum Gasteiger partial charge on any atom is 0.167 e. The molecule has 0 aliphatic carbocycles. The average molecular weight is 314 g/mol. The largest absolute Gasteiger partial charge is 0.230 e. The minimum absolute atomic E-state index is 0.0289. The molecule has 0 atom stereocenters. The predicted octanol–water partition coefficient (Wildman–Crippen LogP) is 3.28. The first kappa shape index (κ1) is 14.8. The van der Waals surface area contributed by atoms with Gasteiger partial charge in [-0.15, -0.1) is 5.10 Å². The lowest BCUT2D eigenvalue weighted by atomic mass is 10.1. The summed E-state index contributed by atoms with van der Waals surface area (Å²) in [6.45, 7) is 0.252. The number of halogens is 3. The van der Waals surface area contributed by atoms with Gasteiger partial charge >= 0.3 is 0 Å². The van der Waals surface area contributed by atoms with Gasteiger partial charge in [-0.25, -0.2) is 17.9 Å². The van der Waals surface area contributed by atoms with Crippen molar-refractivity contribution >= 4 is 0 Å². The number of nitriles is 1. The van der Waals surface area contributed by atoms with Crippen molar-refractivity contribution in [3.63, 3.8) is 0 Å². The standard InChI is InChI=1S/C16H9F3N4/c17-12-7-14(19)13(18)6-11(12)16-15(8-20)23(22-21-16)9-10-4-2-1-3-5-10/h1-7H,9H2. The summed E-state index contributed by atoms with van der Waals surface area (Å²) in [5.74, 6) is -3.53. The second-order valence-electron chi connectivity index (χ2n) is 4.79. The molecule has 0 saturated heterocycles. The Morgan fingerprint density at radius 3 is 2.39 bits per heavy atom. The first-order valence-corrected chi connectivity index (χ1v) is 6.62. The molecule has 0 aliphatic heterocycles. The van der Waals surface area contributed by atoms with Crippen LogP contribution in [0.15, 0.2) is 42.5 Å². The van der Waals surface area contributed by atoms with Crippen LogP contribution in [0.2, 0.25) is 0 Å². The third-order valence-corrected chi connectivity index (χ3v) is 3.28. The van der Waals surface area contributed by atoms with Crippen molar-refractivity contribution in [3.8, 4) is 17.3 Å². The molecule has 0 fully saturated rings. The number of benzene rings is 2. The zero-order valence-corrected chi connectivity index (χ0v) is 11.7. The van der Waals surface area contributed by atoms with Crippen LogP contribution >= 0.6 is 0 Å². The summed E-state index contributed by atoms with van der Waals surface area (Å²) in [6, 6.07) is 12.1. The molecule has 0 bridgehead atoms. The van der Waals surface area contributed by atoms with Crippen LogP contribution < -0.4 is 0 Å². The lowest BCUT2D eigenvalue weighted by molar-refractivity contribution is 0.496. The minimum atomic E-state index is -1.30. The first-order valence-electron chi connectivity index (χ1n) is 6.62. The van der Waals surface area contributed by atoms with E-state index in [1.54, 1.807) is 0 Å². The Morgan fingerprint density at radius 2 is 1.70 bits per heavy atom. The van der Waals surface area contributed by atoms with E-state index in [-0.39, 0.29) is 23.5 Å². The van der Waals surface area contributed by atoms with Crippen molar-refractivity contribution in [2.45, 2.75) is 6.54 Å². The molecule has 0 aliphatic rings. The number of hydrogen-bond donors (Lipinski definition) is 0. The van der Waals surface area contributed by atoms with Crippen LogP contribution in [0.25, 0.3) is 11.3 Å². The van der Waals surface area contributed by atoms with Gasteiger partial charge in [0.05, 0.1) is 6.54 Å². The van der Waals surface area contributed by atoms with E-state index in [1.165, 1.54) is 4.68 Å². The Balaban J connectivity index is 2.06. The molecule has 0 unspecified atom stereocenters. The Bertz CT molecular complexity index is 898. The lowest BCUT2D eigenvalue weighted by Gasteiger charge is -2.04. The van der Waals surface area contributed by atoms with Crippen LogP contribution in [0.1, 0.15) is 11.3 Å². The van der Waals surface area contributed by atoms with Gasteiger partial charge in [0.1, 0.15) is 17.6 Å². The van der Waals surface area contributed by atoms with Crippen LogP contribution in [0.5, 0.6) is 0 Å². The summed E-state index contributed by atoms with van der Waals surface area (Å²) in [7, 11) is 0. The molecule has 2 aromatic carbocycles. The summed E-state index contributed by atoms with van der Waals surface area (Å²) in [5.41, 5.74) is 0.407. The van der Waals surface area contributed by atoms with Gasteiger partial charge in [-0.1, -0.05) is 35.5 Å². The predicted molar refractivity (Wildman–Crippen MR) is 75.6 cm³/mol. The van der Waals surface area contributed by atoms with Crippen LogP contribution in [-0.4, -0.2) is 15.0 Å². The lowest BCUT2D eigenvalue weighted by Crippen LogP contribution is -2.04. The molecule has 114 valence electrons. The fourth-order valence-corrected chi connectivity index (χ4v) is 2.18. The highest BCUT2D eigenvalue weighted by Gasteiger charge is 2.20. The van der Waals surface area contributed by atoms with Crippen molar-refractivity contribution in [3.05, 3.63) is 71.2 Å². The van der Waals surface area contributed by atoms with Crippen molar-refractivity contribution in [2.75, 3.05) is 0 Å². The summed E-state index contributed by atoms with van der Waals surface area (Å²) in [5, 5.41) is 16.9. The zero-order valence-electron chi connectivity index (χ0n) is 11.7. The van der Waals surface area contributed by atoms with E-state index in [4.69, 9.17) is 0 Å². The molecule has 0 amide bonds. The highest BCUT2D eigenvalue weighted by molar-refractivity contribution is 5.65. The third kappa shape index (κ3) is 2.79. The second-order valence-corrected chi connectivity index (χ2v) is 4.79. The van der Waals surface area contributed by atoms with E-state index < -0.39 is 17.5 Å². The van der Waals surface area contributed by atoms with E-state index in [9.17, 15) is 18.4 Å². The molecule has 1 heterocycles. The van der Waals surface area contributed by atoms with Gasteiger partial charge < -0.3 is 0 Å². The van der Waals surface area contributed by atoms with Gasteiger partial charge in [0.25, 0.3) is 0 Å². The molecular formula is C16H9F3N4. The SMILES string of the molecule is N#Cc1c(-c2cc(F)c(F)cc2F)nnn1Cc1ccccc1. The molecule has 3 rings (SSSR count). The molecule has 0 saturated carbocycles. The Morgan fingerprint density at radius 1 is 1.00 bits per heavy atom. The van der Waals surface area contributed by atoms with E-state index in [1.807, 2.05) is 36.4 Å². The van der Waals surface area contributed by atoms with Crippen molar-refractivity contribution in [1.29, 1.82) is 5.26 Å². The van der Waals surface area contributed by atoms with Gasteiger partial charge in [0, 0.05) is 11.6 Å². The Kier molecular flexibility index (Phi) is 3.81. The maximum absolute atomic E-state index is 13.9. The molecular weight excluding hydrogens is 305 g/mol. The molecule has 0 radical (unpaired) electrons. The van der Waals surface area contributed by atoms with Gasteiger partial charge in [-0.05, 0) is 11.6 Å². The Hall–Kier alpha value is -3.14. The molecule has 0 spiro atoms. The van der Waals surface area contributed by atoms with Gasteiger partial charge in [0.15, 0.2) is 17.3 Å². The first-order chi connectivity index (χ1) is 11.1. The molecule has 3 aromatic rings. The van der Waals surface area contributed by atoms with E-state index in [0.29, 0.717) is 12.1 Å². The van der Waals surface area contributed by atoms with E-state index in [0.717, 1.165) is 5.56 Å². The molecule has 1 aromatic heterocycles.